The second kappa shape index (κ2) is 5.59. The molecule has 3 heteroatoms. The van der Waals surface area contributed by atoms with Crippen molar-refractivity contribution in [2.24, 2.45) is 17.8 Å². The van der Waals surface area contributed by atoms with Gasteiger partial charge < -0.3 is 5.32 Å². The second-order valence-electron chi connectivity index (χ2n) is 7.76. The lowest BCUT2D eigenvalue weighted by Crippen LogP contribution is -2.60. The molecule has 0 spiro atoms. The molecule has 0 saturated heterocycles. The van der Waals surface area contributed by atoms with Gasteiger partial charge in [0.1, 0.15) is 0 Å². The smallest absolute Gasteiger partial charge is 0.233 e. The Hall–Kier alpha value is -0.960. The molecule has 0 unspecified atom stereocenters. The second-order valence-corrected chi connectivity index (χ2v) is 9.17. The Morgan fingerprint density at radius 1 is 1.09 bits per heavy atom. The van der Waals surface area contributed by atoms with Crippen molar-refractivity contribution in [2.75, 3.05) is 0 Å². The zero-order valence-electron chi connectivity index (χ0n) is 13.3. The van der Waals surface area contributed by atoms with Crippen LogP contribution in [0.2, 0.25) is 0 Å². The number of carbonyl (C=O) groups excluding carboxylic acids is 1. The van der Waals surface area contributed by atoms with Crippen LogP contribution in [0.5, 0.6) is 0 Å². The molecule has 0 aromatic heterocycles. The molecule has 1 atom stereocenters. The Balaban J connectivity index is 1.41. The summed E-state index contributed by atoms with van der Waals surface area (Å²) in [6.45, 7) is 2.04. The number of hydrogen-bond acceptors (Lipinski definition) is 2. The zero-order valence-corrected chi connectivity index (χ0v) is 14.1. The van der Waals surface area contributed by atoms with Crippen LogP contribution < -0.4 is 5.32 Å². The Kier molecular flexibility index (Phi) is 3.72. The summed E-state index contributed by atoms with van der Waals surface area (Å²) in [4.78, 5) is 13.9. The predicted molar refractivity (Wildman–Crippen MR) is 90.8 cm³/mol. The van der Waals surface area contributed by atoms with Crippen molar-refractivity contribution >= 4 is 17.7 Å². The summed E-state index contributed by atoms with van der Waals surface area (Å²) in [5.41, 5.74) is 0.136. The molecule has 4 bridgehead atoms. The van der Waals surface area contributed by atoms with Gasteiger partial charge in [0.15, 0.2) is 0 Å². The molecule has 2 nitrogen and oxygen atoms in total. The third-order valence-corrected chi connectivity index (χ3v) is 6.96. The van der Waals surface area contributed by atoms with E-state index in [1.807, 2.05) is 25.1 Å². The minimum absolute atomic E-state index is 0.0181. The largest absolute Gasteiger partial charge is 0.350 e. The molecule has 0 aliphatic heterocycles. The summed E-state index contributed by atoms with van der Waals surface area (Å²) in [5.74, 6) is 2.87. The molecule has 1 amide bonds. The summed E-state index contributed by atoms with van der Waals surface area (Å²) in [6, 6.07) is 10.3. The van der Waals surface area contributed by atoms with Crippen LogP contribution in [0.15, 0.2) is 35.2 Å². The van der Waals surface area contributed by atoms with Crippen molar-refractivity contribution in [2.45, 2.75) is 61.1 Å². The molecular weight excluding hydrogens is 290 g/mol. The number of hydrogen-bond donors (Lipinski definition) is 1. The number of nitrogens with one attached hydrogen (secondary N) is 1. The van der Waals surface area contributed by atoms with Gasteiger partial charge in [0.25, 0.3) is 0 Å². The van der Waals surface area contributed by atoms with E-state index in [0.29, 0.717) is 0 Å². The molecule has 22 heavy (non-hydrogen) atoms. The van der Waals surface area contributed by atoms with Gasteiger partial charge in [0.05, 0.1) is 5.25 Å². The van der Waals surface area contributed by atoms with Gasteiger partial charge in [-0.25, -0.2) is 0 Å². The SMILES string of the molecule is C[C@@H](Sc1ccccc1)C(=O)NC12CC3CC(CC(C3)C1)C2. The van der Waals surface area contributed by atoms with Crippen LogP contribution in [0.4, 0.5) is 0 Å². The molecule has 1 N–H and O–H groups in total. The van der Waals surface area contributed by atoms with Crippen molar-refractivity contribution < 1.29 is 4.79 Å². The van der Waals surface area contributed by atoms with Crippen molar-refractivity contribution in [3.05, 3.63) is 30.3 Å². The van der Waals surface area contributed by atoms with Crippen molar-refractivity contribution in [1.29, 1.82) is 0 Å². The number of thioether (sulfide) groups is 1. The van der Waals surface area contributed by atoms with Crippen LogP contribution in [-0.4, -0.2) is 16.7 Å². The van der Waals surface area contributed by atoms with Gasteiger partial charge >= 0.3 is 0 Å². The van der Waals surface area contributed by atoms with Gasteiger partial charge in [-0.1, -0.05) is 18.2 Å². The molecule has 0 heterocycles. The maximum Gasteiger partial charge on any atom is 0.233 e. The quantitative estimate of drug-likeness (QED) is 0.842. The van der Waals surface area contributed by atoms with Crippen LogP contribution >= 0.6 is 11.8 Å². The lowest BCUT2D eigenvalue weighted by atomic mass is 9.53. The highest BCUT2D eigenvalue weighted by molar-refractivity contribution is 8.00. The number of rotatable bonds is 4. The first-order valence-electron chi connectivity index (χ1n) is 8.66. The van der Waals surface area contributed by atoms with E-state index in [1.54, 1.807) is 11.8 Å². The molecule has 4 aliphatic rings. The van der Waals surface area contributed by atoms with Crippen molar-refractivity contribution in [1.82, 2.24) is 5.32 Å². The van der Waals surface area contributed by atoms with Gasteiger partial charge in [-0.2, -0.15) is 0 Å². The van der Waals surface area contributed by atoms with Crippen molar-refractivity contribution in [3.63, 3.8) is 0 Å². The van der Waals surface area contributed by atoms with E-state index < -0.39 is 0 Å². The van der Waals surface area contributed by atoms with Crippen LogP contribution in [0.25, 0.3) is 0 Å². The van der Waals surface area contributed by atoms with Gasteiger partial charge in [-0.15, -0.1) is 11.8 Å². The summed E-state index contributed by atoms with van der Waals surface area (Å²) in [5, 5.41) is 3.47. The topological polar surface area (TPSA) is 29.1 Å². The normalized spacial score (nSPS) is 37.0. The van der Waals surface area contributed by atoms with E-state index >= 15 is 0 Å². The number of carbonyl (C=O) groups is 1. The molecule has 4 saturated carbocycles. The first kappa shape index (κ1) is 14.6. The third kappa shape index (κ3) is 2.80. The van der Waals surface area contributed by atoms with Crippen molar-refractivity contribution in [3.8, 4) is 0 Å². The molecule has 4 fully saturated rings. The van der Waals surface area contributed by atoms with E-state index in [4.69, 9.17) is 0 Å². The Morgan fingerprint density at radius 2 is 1.64 bits per heavy atom. The molecule has 118 valence electrons. The third-order valence-electron chi connectivity index (χ3n) is 5.85. The first-order chi connectivity index (χ1) is 10.6. The van der Waals surface area contributed by atoms with E-state index in [1.165, 1.54) is 43.4 Å². The minimum atomic E-state index is -0.0181. The number of amides is 1. The van der Waals surface area contributed by atoms with E-state index in [-0.39, 0.29) is 16.7 Å². The average molecular weight is 315 g/mol. The van der Waals surface area contributed by atoms with Gasteiger partial charge in [0.2, 0.25) is 5.91 Å². The molecule has 4 aliphatic carbocycles. The monoisotopic (exact) mass is 315 g/mol. The Labute approximate surface area is 137 Å². The summed E-state index contributed by atoms with van der Waals surface area (Å²) >= 11 is 1.67. The lowest BCUT2D eigenvalue weighted by molar-refractivity contribution is -0.126. The standard InChI is InChI=1S/C19H25NOS/c1-13(22-17-5-3-2-4-6-17)18(21)20-19-10-14-7-15(11-19)9-16(8-14)12-19/h2-6,13-16H,7-12H2,1H3,(H,20,21)/t13-,14?,15?,16?,19?/m1/s1. The van der Waals surface area contributed by atoms with Gasteiger partial charge in [-0.05, 0) is 75.3 Å². The molecular formula is C19H25NOS. The van der Waals surface area contributed by atoms with Gasteiger partial charge in [0, 0.05) is 10.4 Å². The highest BCUT2D eigenvalue weighted by Crippen LogP contribution is 2.55. The van der Waals surface area contributed by atoms with Crippen LogP contribution in [0, 0.1) is 17.8 Å². The Morgan fingerprint density at radius 3 is 2.18 bits per heavy atom. The maximum absolute atomic E-state index is 12.7. The fourth-order valence-electron chi connectivity index (χ4n) is 5.38. The first-order valence-corrected chi connectivity index (χ1v) is 9.54. The van der Waals surface area contributed by atoms with Crippen LogP contribution in [0.3, 0.4) is 0 Å². The summed E-state index contributed by atoms with van der Waals surface area (Å²) in [7, 11) is 0. The van der Waals surface area contributed by atoms with Crippen LogP contribution in [-0.2, 0) is 4.79 Å². The predicted octanol–water partition coefficient (Wildman–Crippen LogP) is 4.25. The average Bonchev–Trinajstić information content (AvgIpc) is 2.46. The van der Waals surface area contributed by atoms with Gasteiger partial charge in [-0.3, -0.25) is 4.79 Å². The maximum atomic E-state index is 12.7. The zero-order chi connectivity index (χ0) is 15.2. The Bertz CT molecular complexity index is 521. The molecule has 0 radical (unpaired) electrons. The fraction of sp³-hybridized carbons (Fsp3) is 0.632. The lowest BCUT2D eigenvalue weighted by Gasteiger charge is -2.57. The highest BCUT2D eigenvalue weighted by atomic mass is 32.2. The van der Waals surface area contributed by atoms with E-state index in [0.717, 1.165) is 17.8 Å². The minimum Gasteiger partial charge on any atom is -0.350 e. The van der Waals surface area contributed by atoms with E-state index in [2.05, 4.69) is 17.4 Å². The van der Waals surface area contributed by atoms with E-state index in [9.17, 15) is 4.79 Å². The molecule has 5 rings (SSSR count). The summed E-state index contributed by atoms with van der Waals surface area (Å²) < 4.78 is 0. The number of benzene rings is 1. The fourth-order valence-corrected chi connectivity index (χ4v) is 6.27. The highest BCUT2D eigenvalue weighted by Gasteiger charge is 2.51. The molecule has 1 aromatic carbocycles. The van der Waals surface area contributed by atoms with Crippen LogP contribution in [0.1, 0.15) is 45.4 Å². The molecule has 1 aromatic rings. The summed E-state index contributed by atoms with van der Waals surface area (Å²) in [6.07, 6.45) is 7.95.